The maximum absolute atomic E-state index is 13.5. The first-order chi connectivity index (χ1) is 8.08. The third kappa shape index (κ3) is 2.67. The first kappa shape index (κ1) is 12.1. The van der Waals surface area contributed by atoms with Gasteiger partial charge in [-0.3, -0.25) is 9.19 Å². The molecule has 0 radical (unpaired) electrons. The molecule has 0 amide bonds. The van der Waals surface area contributed by atoms with Gasteiger partial charge in [0, 0.05) is 16.8 Å². The summed E-state index contributed by atoms with van der Waals surface area (Å²) in [6, 6.07) is 1.92. The number of rotatable bonds is 3. The molecule has 2 rings (SSSR count). The number of hydrogen-bond acceptors (Lipinski definition) is 4. The van der Waals surface area contributed by atoms with E-state index in [0.717, 1.165) is 12.1 Å². The van der Waals surface area contributed by atoms with Crippen molar-refractivity contribution in [3.63, 3.8) is 0 Å². The van der Waals surface area contributed by atoms with Crippen LogP contribution in [-0.2, 0) is 16.6 Å². The van der Waals surface area contributed by atoms with E-state index in [1.165, 1.54) is 17.5 Å². The van der Waals surface area contributed by atoms with E-state index >= 15 is 0 Å². The van der Waals surface area contributed by atoms with Crippen LogP contribution in [-0.4, -0.2) is 9.19 Å². The number of nitrogen functional groups attached to an aromatic ring is 1. The average molecular weight is 274 g/mol. The van der Waals surface area contributed by atoms with Gasteiger partial charge in [-0.05, 0) is 12.1 Å². The SMILES string of the molecule is Nc1cc(F)c(S(=O)Cc2cncs2)c(F)c1. The first-order valence-corrected chi connectivity index (χ1v) is 6.78. The Hall–Kier alpha value is -1.34. The standard InChI is InChI=1S/C10H8F2N2OS2/c11-8-1-6(13)2-9(12)10(8)17(15)4-7-3-14-5-16-7/h1-3,5H,4,13H2. The van der Waals surface area contributed by atoms with Crippen molar-refractivity contribution in [2.75, 3.05) is 5.73 Å². The lowest BCUT2D eigenvalue weighted by atomic mass is 10.3. The van der Waals surface area contributed by atoms with Crippen molar-refractivity contribution in [2.45, 2.75) is 10.6 Å². The predicted octanol–water partition coefficient (Wildman–Crippen LogP) is 2.31. The Balaban J connectivity index is 2.31. The highest BCUT2D eigenvalue weighted by atomic mass is 32.2. The Morgan fingerprint density at radius 3 is 2.53 bits per heavy atom. The van der Waals surface area contributed by atoms with E-state index in [1.807, 2.05) is 0 Å². The van der Waals surface area contributed by atoms with Crippen LogP contribution < -0.4 is 5.73 Å². The van der Waals surface area contributed by atoms with Crippen LogP contribution in [0.5, 0.6) is 0 Å². The second-order valence-corrected chi connectivity index (χ2v) is 5.63. The van der Waals surface area contributed by atoms with Gasteiger partial charge in [-0.25, -0.2) is 8.78 Å². The fraction of sp³-hybridized carbons (Fsp3) is 0.100. The van der Waals surface area contributed by atoms with E-state index in [4.69, 9.17) is 5.73 Å². The van der Waals surface area contributed by atoms with Gasteiger partial charge in [-0.1, -0.05) is 0 Å². The smallest absolute Gasteiger partial charge is 0.144 e. The lowest BCUT2D eigenvalue weighted by Gasteiger charge is -2.05. The molecule has 1 unspecified atom stereocenters. The Kier molecular flexibility index (Phi) is 3.49. The molecule has 7 heteroatoms. The molecule has 2 aromatic rings. The van der Waals surface area contributed by atoms with Gasteiger partial charge in [0.2, 0.25) is 0 Å². The summed E-state index contributed by atoms with van der Waals surface area (Å²) in [5.74, 6) is -1.72. The second-order valence-electron chi connectivity index (χ2n) is 3.27. The van der Waals surface area contributed by atoms with Crippen molar-refractivity contribution >= 4 is 27.8 Å². The average Bonchev–Trinajstić information content (AvgIpc) is 2.68. The summed E-state index contributed by atoms with van der Waals surface area (Å²) in [4.78, 5) is 4.07. The molecule has 1 heterocycles. The minimum atomic E-state index is -1.78. The summed E-state index contributed by atoms with van der Waals surface area (Å²) in [6.45, 7) is 0. The van der Waals surface area contributed by atoms with Gasteiger partial charge in [-0.15, -0.1) is 11.3 Å². The second kappa shape index (κ2) is 4.89. The van der Waals surface area contributed by atoms with Crippen LogP contribution in [0, 0.1) is 11.6 Å². The molecule has 0 fully saturated rings. The fourth-order valence-corrected chi connectivity index (χ4v) is 3.31. The Labute approximate surface area is 103 Å². The van der Waals surface area contributed by atoms with Crippen LogP contribution in [0.4, 0.5) is 14.5 Å². The maximum Gasteiger partial charge on any atom is 0.144 e. The Bertz CT molecular complexity index is 534. The highest BCUT2D eigenvalue weighted by molar-refractivity contribution is 7.84. The lowest BCUT2D eigenvalue weighted by molar-refractivity contribution is 0.535. The van der Waals surface area contributed by atoms with Gasteiger partial charge in [0.25, 0.3) is 0 Å². The van der Waals surface area contributed by atoms with Crippen molar-refractivity contribution < 1.29 is 13.0 Å². The third-order valence-electron chi connectivity index (χ3n) is 2.01. The molecular weight excluding hydrogens is 266 g/mol. The predicted molar refractivity (Wildman–Crippen MR) is 63.0 cm³/mol. The van der Waals surface area contributed by atoms with Crippen LogP contribution in [0.25, 0.3) is 0 Å². The summed E-state index contributed by atoms with van der Waals surface area (Å²) >= 11 is 1.29. The molecule has 1 aromatic carbocycles. The number of hydrogen-bond donors (Lipinski definition) is 1. The minimum Gasteiger partial charge on any atom is -0.399 e. The molecule has 0 aliphatic carbocycles. The van der Waals surface area contributed by atoms with Crippen LogP contribution in [0.15, 0.2) is 28.7 Å². The van der Waals surface area contributed by atoms with Crippen molar-refractivity contribution in [2.24, 2.45) is 0 Å². The van der Waals surface area contributed by atoms with Gasteiger partial charge in [0.1, 0.15) is 16.5 Å². The molecule has 0 bridgehead atoms. The molecule has 90 valence electrons. The van der Waals surface area contributed by atoms with E-state index in [1.54, 1.807) is 5.51 Å². The minimum absolute atomic E-state index is 0.0291. The summed E-state index contributed by atoms with van der Waals surface area (Å²) in [5, 5.41) is 0. The van der Waals surface area contributed by atoms with Crippen LogP contribution >= 0.6 is 11.3 Å². The normalized spacial score (nSPS) is 12.6. The van der Waals surface area contributed by atoms with E-state index in [2.05, 4.69) is 4.98 Å². The van der Waals surface area contributed by atoms with E-state index in [0.29, 0.717) is 4.88 Å². The van der Waals surface area contributed by atoms with Gasteiger partial charge in [0.05, 0.1) is 22.1 Å². The van der Waals surface area contributed by atoms with E-state index in [-0.39, 0.29) is 11.4 Å². The molecule has 17 heavy (non-hydrogen) atoms. The monoisotopic (exact) mass is 274 g/mol. The highest BCUT2D eigenvalue weighted by Crippen LogP contribution is 2.23. The van der Waals surface area contributed by atoms with Crippen molar-refractivity contribution in [1.29, 1.82) is 0 Å². The molecule has 0 aliphatic heterocycles. The number of nitrogens with two attached hydrogens (primary N) is 1. The number of benzene rings is 1. The van der Waals surface area contributed by atoms with Crippen LogP contribution in [0.1, 0.15) is 4.88 Å². The lowest BCUT2D eigenvalue weighted by Crippen LogP contribution is -2.03. The van der Waals surface area contributed by atoms with Crippen molar-refractivity contribution in [1.82, 2.24) is 4.98 Å². The molecule has 3 nitrogen and oxygen atoms in total. The summed E-state index contributed by atoms with van der Waals surface area (Å²) < 4.78 is 38.8. The summed E-state index contributed by atoms with van der Waals surface area (Å²) in [5.41, 5.74) is 6.82. The molecule has 0 saturated carbocycles. The topological polar surface area (TPSA) is 56.0 Å². The Morgan fingerprint density at radius 1 is 1.35 bits per heavy atom. The summed E-state index contributed by atoms with van der Waals surface area (Å²) in [6.07, 6.45) is 1.52. The van der Waals surface area contributed by atoms with Gasteiger partial charge in [0.15, 0.2) is 0 Å². The zero-order chi connectivity index (χ0) is 12.4. The van der Waals surface area contributed by atoms with Gasteiger partial charge < -0.3 is 5.73 Å². The molecule has 2 N–H and O–H groups in total. The molecular formula is C10H8F2N2OS2. The largest absolute Gasteiger partial charge is 0.399 e. The number of nitrogens with zero attached hydrogens (tertiary/aromatic N) is 1. The third-order valence-corrected chi connectivity index (χ3v) is 4.39. The molecule has 1 aromatic heterocycles. The number of aromatic nitrogens is 1. The van der Waals surface area contributed by atoms with E-state index < -0.39 is 27.3 Å². The number of halogens is 2. The first-order valence-electron chi connectivity index (χ1n) is 4.58. The van der Waals surface area contributed by atoms with E-state index in [9.17, 15) is 13.0 Å². The Morgan fingerprint density at radius 2 is 2.00 bits per heavy atom. The summed E-state index contributed by atoms with van der Waals surface area (Å²) in [7, 11) is -1.78. The van der Waals surface area contributed by atoms with Gasteiger partial charge in [-0.2, -0.15) is 0 Å². The van der Waals surface area contributed by atoms with Crippen LogP contribution in [0.2, 0.25) is 0 Å². The highest BCUT2D eigenvalue weighted by Gasteiger charge is 2.17. The maximum atomic E-state index is 13.5. The van der Waals surface area contributed by atoms with Crippen molar-refractivity contribution in [3.8, 4) is 0 Å². The van der Waals surface area contributed by atoms with Gasteiger partial charge >= 0.3 is 0 Å². The molecule has 0 aliphatic rings. The zero-order valence-corrected chi connectivity index (χ0v) is 10.2. The number of thiazole rings is 1. The van der Waals surface area contributed by atoms with Crippen molar-refractivity contribution in [3.05, 3.63) is 40.4 Å². The zero-order valence-electron chi connectivity index (χ0n) is 8.52. The van der Waals surface area contributed by atoms with Crippen LogP contribution in [0.3, 0.4) is 0 Å². The fourth-order valence-electron chi connectivity index (χ4n) is 1.31. The quantitative estimate of drug-likeness (QED) is 0.874. The molecule has 0 saturated heterocycles. The molecule has 1 atom stereocenters. The number of anilines is 1. The molecule has 0 spiro atoms.